The van der Waals surface area contributed by atoms with Gasteiger partial charge in [0.1, 0.15) is 21.7 Å². The first-order valence-corrected chi connectivity index (χ1v) is 9.52. The molecule has 28 heavy (non-hydrogen) atoms. The first kappa shape index (κ1) is 20.0. The molecule has 0 saturated carbocycles. The number of rotatable bonds is 5. The molecule has 0 saturated heterocycles. The highest BCUT2D eigenvalue weighted by molar-refractivity contribution is 7.17. The Balaban J connectivity index is 1.95. The van der Waals surface area contributed by atoms with Crippen molar-refractivity contribution in [2.75, 3.05) is 7.05 Å². The molecule has 2 N–H and O–H groups in total. The monoisotopic (exact) mass is 417 g/mol. The van der Waals surface area contributed by atoms with E-state index in [-0.39, 0.29) is 0 Å². The van der Waals surface area contributed by atoms with Gasteiger partial charge in [-0.05, 0) is 36.8 Å². The second kappa shape index (κ2) is 8.08. The maximum Gasteiger partial charge on any atom is 0.266 e. The molecule has 1 unspecified atom stereocenters. The van der Waals surface area contributed by atoms with Gasteiger partial charge in [0, 0.05) is 17.6 Å². The number of amides is 2. The number of likely N-dealkylation sites (N-methyl/N-ethyl adjacent to an activating group) is 1. The molecule has 2 amide bonds. The summed E-state index contributed by atoms with van der Waals surface area (Å²) in [6.07, 6.45) is 0. The van der Waals surface area contributed by atoms with Crippen molar-refractivity contribution in [3.05, 3.63) is 75.5 Å². The highest BCUT2D eigenvalue weighted by atomic mass is 35.5. The first-order valence-electron chi connectivity index (χ1n) is 8.33. The minimum atomic E-state index is -1.10. The van der Waals surface area contributed by atoms with Gasteiger partial charge in [-0.1, -0.05) is 35.9 Å². The van der Waals surface area contributed by atoms with Crippen molar-refractivity contribution in [3.8, 4) is 10.6 Å². The summed E-state index contributed by atoms with van der Waals surface area (Å²) < 4.78 is 13.6. The number of halogens is 2. The molecule has 144 valence electrons. The summed E-state index contributed by atoms with van der Waals surface area (Å²) in [5.74, 6) is -1.68. The fraction of sp³-hybridized carbons (Fsp3) is 0.150. The number of carbonyl (C=O) groups excluding carboxylic acids is 2. The molecule has 0 aliphatic rings. The largest absolute Gasteiger partial charge is 0.368 e. The van der Waals surface area contributed by atoms with E-state index in [2.05, 4.69) is 4.98 Å². The van der Waals surface area contributed by atoms with Gasteiger partial charge < -0.3 is 10.6 Å². The molecular weight excluding hydrogens is 401 g/mol. The number of aromatic nitrogens is 1. The summed E-state index contributed by atoms with van der Waals surface area (Å²) in [6.45, 7) is 1.72. The van der Waals surface area contributed by atoms with Crippen LogP contribution < -0.4 is 5.73 Å². The van der Waals surface area contributed by atoms with E-state index in [0.29, 0.717) is 26.2 Å². The van der Waals surface area contributed by atoms with Crippen molar-refractivity contribution >= 4 is 34.8 Å². The highest BCUT2D eigenvalue weighted by Gasteiger charge is 2.30. The third kappa shape index (κ3) is 4.05. The minimum Gasteiger partial charge on any atom is -0.368 e. The van der Waals surface area contributed by atoms with E-state index in [0.717, 1.165) is 5.56 Å². The Morgan fingerprint density at radius 2 is 1.93 bits per heavy atom. The van der Waals surface area contributed by atoms with Crippen LogP contribution in [0.2, 0.25) is 5.02 Å². The molecule has 0 spiro atoms. The number of thiazole rings is 1. The Morgan fingerprint density at radius 1 is 1.21 bits per heavy atom. The van der Waals surface area contributed by atoms with Crippen LogP contribution in [0.25, 0.3) is 10.6 Å². The fourth-order valence-electron chi connectivity index (χ4n) is 2.87. The normalized spacial score (nSPS) is 11.9. The Bertz CT molecular complexity index is 1050. The van der Waals surface area contributed by atoms with E-state index < -0.39 is 23.7 Å². The number of hydrogen-bond donors (Lipinski definition) is 1. The summed E-state index contributed by atoms with van der Waals surface area (Å²) in [4.78, 5) is 31.1. The zero-order valence-corrected chi connectivity index (χ0v) is 16.7. The number of benzene rings is 2. The molecule has 0 aliphatic carbocycles. The van der Waals surface area contributed by atoms with Gasteiger partial charge in [0.25, 0.3) is 5.91 Å². The lowest BCUT2D eigenvalue weighted by atomic mass is 10.0. The average Bonchev–Trinajstić information content (AvgIpc) is 3.02. The van der Waals surface area contributed by atoms with Crippen molar-refractivity contribution in [1.82, 2.24) is 9.88 Å². The number of carbonyl (C=O) groups is 2. The third-order valence-electron chi connectivity index (χ3n) is 4.20. The summed E-state index contributed by atoms with van der Waals surface area (Å²) >= 11 is 7.23. The Labute approximate surface area is 170 Å². The van der Waals surface area contributed by atoms with Gasteiger partial charge >= 0.3 is 0 Å². The number of primary amides is 1. The zero-order valence-electron chi connectivity index (χ0n) is 15.1. The minimum absolute atomic E-state index is 0.306. The molecule has 0 fully saturated rings. The summed E-state index contributed by atoms with van der Waals surface area (Å²) in [5, 5.41) is 1.20. The van der Waals surface area contributed by atoms with Crippen LogP contribution in [0.1, 0.15) is 27.0 Å². The van der Waals surface area contributed by atoms with Crippen LogP contribution in [-0.4, -0.2) is 28.7 Å². The van der Waals surface area contributed by atoms with Gasteiger partial charge in [0.15, 0.2) is 0 Å². The second-order valence-corrected chi connectivity index (χ2v) is 7.66. The fourth-order valence-corrected chi connectivity index (χ4v) is 4.11. The zero-order chi connectivity index (χ0) is 20.4. The van der Waals surface area contributed by atoms with Crippen LogP contribution in [0.15, 0.2) is 48.5 Å². The van der Waals surface area contributed by atoms with Crippen LogP contribution >= 0.6 is 22.9 Å². The Morgan fingerprint density at radius 3 is 2.57 bits per heavy atom. The molecule has 0 radical (unpaired) electrons. The molecule has 1 heterocycles. The maximum absolute atomic E-state index is 13.6. The van der Waals surface area contributed by atoms with E-state index in [1.165, 1.54) is 41.5 Å². The Kier molecular flexibility index (Phi) is 5.76. The molecule has 2 aromatic carbocycles. The van der Waals surface area contributed by atoms with E-state index in [1.807, 2.05) is 6.07 Å². The lowest BCUT2D eigenvalue weighted by Gasteiger charge is -2.25. The number of aryl methyl sites for hydroxylation is 1. The van der Waals surface area contributed by atoms with Gasteiger partial charge in [0.05, 0.1) is 5.69 Å². The summed E-state index contributed by atoms with van der Waals surface area (Å²) in [5.41, 5.74) is 7.13. The quantitative estimate of drug-likeness (QED) is 0.675. The molecule has 3 aromatic rings. The smallest absolute Gasteiger partial charge is 0.266 e. The topological polar surface area (TPSA) is 76.3 Å². The first-order chi connectivity index (χ1) is 13.3. The van der Waals surface area contributed by atoms with Crippen molar-refractivity contribution in [3.63, 3.8) is 0 Å². The average molecular weight is 418 g/mol. The van der Waals surface area contributed by atoms with Gasteiger partial charge in [-0.15, -0.1) is 11.3 Å². The van der Waals surface area contributed by atoms with E-state index in [4.69, 9.17) is 17.3 Å². The standard InChI is InChI=1S/C20H17ClFN3O2S/c1-11-17(28-19(24-11)13-6-3-7-14(21)9-13)20(27)25(2)16(18(23)26)12-5-4-8-15(22)10-12/h3-10,16H,1-2H3,(H2,23,26). The maximum atomic E-state index is 13.6. The van der Waals surface area contributed by atoms with E-state index in [1.54, 1.807) is 31.2 Å². The SMILES string of the molecule is Cc1nc(-c2cccc(Cl)c2)sc1C(=O)N(C)C(C(N)=O)c1cccc(F)c1. The summed E-state index contributed by atoms with van der Waals surface area (Å²) in [7, 11) is 1.46. The molecular formula is C20H17ClFN3O2S. The summed E-state index contributed by atoms with van der Waals surface area (Å²) in [6, 6.07) is 11.5. The number of nitrogens with zero attached hydrogens (tertiary/aromatic N) is 2. The highest BCUT2D eigenvalue weighted by Crippen LogP contribution is 2.31. The Hall–Kier alpha value is -2.77. The molecule has 8 heteroatoms. The van der Waals surface area contributed by atoms with Gasteiger partial charge in [0.2, 0.25) is 5.91 Å². The molecule has 0 bridgehead atoms. The lowest BCUT2D eigenvalue weighted by molar-refractivity contribution is -0.122. The van der Waals surface area contributed by atoms with Gasteiger partial charge in [-0.2, -0.15) is 0 Å². The van der Waals surface area contributed by atoms with Crippen LogP contribution in [0.5, 0.6) is 0 Å². The van der Waals surface area contributed by atoms with Crippen LogP contribution in [0.3, 0.4) is 0 Å². The third-order valence-corrected chi connectivity index (χ3v) is 5.63. The van der Waals surface area contributed by atoms with Crippen molar-refractivity contribution in [2.24, 2.45) is 5.73 Å². The predicted octanol–water partition coefficient (Wildman–Crippen LogP) is 4.21. The van der Waals surface area contributed by atoms with Crippen LogP contribution in [0, 0.1) is 12.7 Å². The molecule has 1 atom stereocenters. The lowest BCUT2D eigenvalue weighted by Crippen LogP contribution is -2.39. The molecule has 3 rings (SSSR count). The number of hydrogen-bond acceptors (Lipinski definition) is 4. The number of nitrogens with two attached hydrogens (primary N) is 1. The molecule has 5 nitrogen and oxygen atoms in total. The molecule has 1 aromatic heterocycles. The van der Waals surface area contributed by atoms with Crippen molar-refractivity contribution in [1.29, 1.82) is 0 Å². The van der Waals surface area contributed by atoms with Gasteiger partial charge in [-0.3, -0.25) is 9.59 Å². The van der Waals surface area contributed by atoms with Crippen molar-refractivity contribution < 1.29 is 14.0 Å². The van der Waals surface area contributed by atoms with Gasteiger partial charge in [-0.25, -0.2) is 9.37 Å². The van der Waals surface area contributed by atoms with Crippen LogP contribution in [0.4, 0.5) is 4.39 Å². The van der Waals surface area contributed by atoms with Crippen molar-refractivity contribution in [2.45, 2.75) is 13.0 Å². The van der Waals surface area contributed by atoms with E-state index >= 15 is 0 Å². The van der Waals surface area contributed by atoms with E-state index in [9.17, 15) is 14.0 Å². The predicted molar refractivity (Wildman–Crippen MR) is 108 cm³/mol. The molecule has 0 aliphatic heterocycles. The van der Waals surface area contributed by atoms with Crippen LogP contribution in [-0.2, 0) is 4.79 Å². The second-order valence-electron chi connectivity index (χ2n) is 6.22.